The van der Waals surface area contributed by atoms with Gasteiger partial charge in [-0.2, -0.15) is 0 Å². The number of esters is 1. The van der Waals surface area contributed by atoms with Gasteiger partial charge in [0.05, 0.1) is 12.7 Å². The molecule has 1 aliphatic heterocycles. The zero-order valence-corrected chi connectivity index (χ0v) is 13.8. The van der Waals surface area contributed by atoms with Crippen LogP contribution in [0.4, 0.5) is 0 Å². The SMILES string of the molecule is COC(=O)COc1ccc2cc(-c3ccc4c(c3)OCO4)c(=O)oc2c1. The number of hydrogen-bond acceptors (Lipinski definition) is 7. The van der Waals surface area contributed by atoms with Gasteiger partial charge in [-0.25, -0.2) is 9.59 Å². The van der Waals surface area contributed by atoms with Gasteiger partial charge in [-0.1, -0.05) is 6.07 Å². The maximum atomic E-state index is 12.4. The quantitative estimate of drug-likeness (QED) is 0.526. The van der Waals surface area contributed by atoms with Crippen molar-refractivity contribution in [3.05, 3.63) is 52.9 Å². The summed E-state index contributed by atoms with van der Waals surface area (Å²) in [6.45, 7) is -0.0546. The largest absolute Gasteiger partial charge is 0.482 e. The monoisotopic (exact) mass is 354 g/mol. The third-order valence-electron chi connectivity index (χ3n) is 3.98. The van der Waals surface area contributed by atoms with Gasteiger partial charge in [0.2, 0.25) is 6.79 Å². The Morgan fingerprint density at radius 2 is 1.92 bits per heavy atom. The molecule has 0 saturated carbocycles. The van der Waals surface area contributed by atoms with Crippen LogP contribution in [0.1, 0.15) is 0 Å². The molecule has 0 fully saturated rings. The lowest BCUT2D eigenvalue weighted by Gasteiger charge is -2.07. The minimum absolute atomic E-state index is 0.166. The normalized spacial score (nSPS) is 12.2. The standard InChI is InChI=1S/C19H14O7/c1-22-18(20)9-23-13-4-2-12-6-14(19(21)26-16(12)8-13)11-3-5-15-17(7-11)25-10-24-15/h2-8H,9-10H2,1H3. The third-order valence-corrected chi connectivity index (χ3v) is 3.98. The molecule has 2 aromatic carbocycles. The molecule has 0 unspecified atom stereocenters. The maximum Gasteiger partial charge on any atom is 0.344 e. The predicted molar refractivity (Wildman–Crippen MR) is 91.6 cm³/mol. The van der Waals surface area contributed by atoms with Gasteiger partial charge >= 0.3 is 11.6 Å². The number of fused-ring (bicyclic) bond motifs is 2. The molecule has 4 rings (SSSR count). The fourth-order valence-electron chi connectivity index (χ4n) is 2.65. The smallest absolute Gasteiger partial charge is 0.344 e. The van der Waals surface area contributed by atoms with Crippen LogP contribution >= 0.6 is 0 Å². The van der Waals surface area contributed by atoms with E-state index in [0.29, 0.717) is 34.0 Å². The van der Waals surface area contributed by atoms with Crippen molar-refractivity contribution in [3.63, 3.8) is 0 Å². The summed E-state index contributed by atoms with van der Waals surface area (Å²) in [6.07, 6.45) is 0. The molecule has 0 saturated heterocycles. The van der Waals surface area contributed by atoms with Gasteiger partial charge in [0.15, 0.2) is 18.1 Å². The summed E-state index contributed by atoms with van der Waals surface area (Å²) in [4.78, 5) is 23.5. The highest BCUT2D eigenvalue weighted by molar-refractivity contribution is 5.83. The molecule has 0 aliphatic carbocycles. The van der Waals surface area contributed by atoms with E-state index >= 15 is 0 Å². The van der Waals surface area contributed by atoms with Crippen molar-refractivity contribution >= 4 is 16.9 Å². The van der Waals surface area contributed by atoms with E-state index in [2.05, 4.69) is 4.74 Å². The second kappa shape index (κ2) is 6.44. The number of hydrogen-bond donors (Lipinski definition) is 0. The van der Waals surface area contributed by atoms with Gasteiger partial charge in [-0.15, -0.1) is 0 Å². The average Bonchev–Trinajstić information content (AvgIpc) is 3.13. The second-order valence-corrected chi connectivity index (χ2v) is 5.58. The number of benzene rings is 2. The van der Waals surface area contributed by atoms with Crippen molar-refractivity contribution in [1.29, 1.82) is 0 Å². The lowest BCUT2D eigenvalue weighted by atomic mass is 10.1. The molecule has 3 aromatic rings. The first-order valence-corrected chi connectivity index (χ1v) is 7.81. The second-order valence-electron chi connectivity index (χ2n) is 5.58. The Hall–Kier alpha value is -3.48. The summed E-state index contributed by atoms with van der Waals surface area (Å²) in [7, 11) is 1.28. The van der Waals surface area contributed by atoms with Crippen molar-refractivity contribution in [2.24, 2.45) is 0 Å². The molecule has 0 atom stereocenters. The minimum atomic E-state index is -0.496. The average molecular weight is 354 g/mol. The molecule has 0 spiro atoms. The van der Waals surface area contributed by atoms with Crippen LogP contribution in [0.5, 0.6) is 17.2 Å². The van der Waals surface area contributed by atoms with Crippen molar-refractivity contribution in [2.75, 3.05) is 20.5 Å². The van der Waals surface area contributed by atoms with E-state index in [4.69, 9.17) is 18.6 Å². The summed E-state index contributed by atoms with van der Waals surface area (Å²) < 4.78 is 25.9. The molecule has 7 nitrogen and oxygen atoms in total. The molecular weight excluding hydrogens is 340 g/mol. The number of ether oxygens (including phenoxy) is 4. The zero-order chi connectivity index (χ0) is 18.1. The molecule has 1 aromatic heterocycles. The number of methoxy groups -OCH3 is 1. The lowest BCUT2D eigenvalue weighted by Crippen LogP contribution is -2.12. The molecule has 0 N–H and O–H groups in total. The molecule has 0 bridgehead atoms. The van der Waals surface area contributed by atoms with Crippen molar-refractivity contribution in [1.82, 2.24) is 0 Å². The highest BCUT2D eigenvalue weighted by Gasteiger charge is 2.16. The fourth-order valence-corrected chi connectivity index (χ4v) is 2.65. The molecule has 2 heterocycles. The van der Waals surface area contributed by atoms with Gasteiger partial charge < -0.3 is 23.4 Å². The number of carbonyl (C=O) groups excluding carboxylic acids is 1. The highest BCUT2D eigenvalue weighted by Crippen LogP contribution is 2.35. The van der Waals surface area contributed by atoms with Crippen molar-refractivity contribution in [3.8, 4) is 28.4 Å². The van der Waals surface area contributed by atoms with Crippen LogP contribution in [0.15, 0.2) is 51.7 Å². The first-order valence-electron chi connectivity index (χ1n) is 7.81. The van der Waals surface area contributed by atoms with E-state index in [1.165, 1.54) is 7.11 Å². The van der Waals surface area contributed by atoms with Crippen LogP contribution in [0, 0.1) is 0 Å². The van der Waals surface area contributed by atoms with Gasteiger partial charge in [-0.3, -0.25) is 0 Å². The Bertz CT molecular complexity index is 1050. The Morgan fingerprint density at radius 1 is 1.08 bits per heavy atom. The molecule has 0 amide bonds. The topological polar surface area (TPSA) is 84.2 Å². The van der Waals surface area contributed by atoms with Crippen LogP contribution in [0.25, 0.3) is 22.1 Å². The van der Waals surface area contributed by atoms with Crippen LogP contribution in [-0.2, 0) is 9.53 Å². The summed E-state index contributed by atoms with van der Waals surface area (Å²) >= 11 is 0. The van der Waals surface area contributed by atoms with Crippen molar-refractivity contribution < 1.29 is 28.2 Å². The van der Waals surface area contributed by atoms with Crippen LogP contribution < -0.4 is 19.8 Å². The Kier molecular flexibility index (Phi) is 3.96. The van der Waals surface area contributed by atoms with Gasteiger partial charge in [0.25, 0.3) is 0 Å². The van der Waals surface area contributed by atoms with Crippen molar-refractivity contribution in [2.45, 2.75) is 0 Å². The van der Waals surface area contributed by atoms with E-state index in [9.17, 15) is 9.59 Å². The number of rotatable bonds is 4. The van der Waals surface area contributed by atoms with Crippen LogP contribution in [-0.4, -0.2) is 26.5 Å². The van der Waals surface area contributed by atoms with E-state index in [-0.39, 0.29) is 13.4 Å². The Morgan fingerprint density at radius 3 is 2.77 bits per heavy atom. The summed E-state index contributed by atoms with van der Waals surface area (Å²) in [5.41, 5.74) is 0.971. The van der Waals surface area contributed by atoms with Crippen LogP contribution in [0.2, 0.25) is 0 Å². The van der Waals surface area contributed by atoms with Gasteiger partial charge in [0.1, 0.15) is 11.3 Å². The van der Waals surface area contributed by atoms with Crippen LogP contribution in [0.3, 0.4) is 0 Å². The Balaban J connectivity index is 1.68. The first kappa shape index (κ1) is 16.0. The fraction of sp³-hybridized carbons (Fsp3) is 0.158. The minimum Gasteiger partial charge on any atom is -0.482 e. The van der Waals surface area contributed by atoms with E-state index in [1.54, 1.807) is 42.5 Å². The van der Waals surface area contributed by atoms with Gasteiger partial charge in [0, 0.05) is 11.5 Å². The van der Waals surface area contributed by atoms with E-state index in [0.717, 1.165) is 5.39 Å². The van der Waals surface area contributed by atoms with E-state index < -0.39 is 11.6 Å². The maximum absolute atomic E-state index is 12.4. The number of carbonyl (C=O) groups is 1. The summed E-state index contributed by atoms with van der Waals surface area (Å²) in [5.74, 6) is 1.14. The third kappa shape index (κ3) is 2.95. The predicted octanol–water partition coefficient (Wildman–Crippen LogP) is 2.74. The zero-order valence-electron chi connectivity index (χ0n) is 13.8. The van der Waals surface area contributed by atoms with Gasteiger partial charge in [-0.05, 0) is 35.9 Å². The first-order chi connectivity index (χ1) is 12.6. The highest BCUT2D eigenvalue weighted by atomic mass is 16.7. The Labute approximate surface area is 147 Å². The molecule has 132 valence electrons. The molecular formula is C19H14O7. The van der Waals surface area contributed by atoms with E-state index in [1.807, 2.05) is 0 Å². The summed E-state index contributed by atoms with van der Waals surface area (Å²) in [5, 5.41) is 0.725. The lowest BCUT2D eigenvalue weighted by molar-refractivity contribution is -0.142. The molecule has 7 heteroatoms. The summed E-state index contributed by atoms with van der Waals surface area (Å²) in [6, 6.07) is 12.0. The molecule has 1 aliphatic rings. The molecule has 0 radical (unpaired) electrons. The molecule has 26 heavy (non-hydrogen) atoms.